The quantitative estimate of drug-likeness (QED) is 0.918. The third-order valence-electron chi connectivity index (χ3n) is 5.41. The molecule has 21 heavy (non-hydrogen) atoms. The van der Waals surface area contributed by atoms with Crippen LogP contribution in [0.1, 0.15) is 44.1 Å². The second kappa shape index (κ2) is 7.42. The molecule has 0 aromatic heterocycles. The molecule has 1 aromatic carbocycles. The van der Waals surface area contributed by atoms with Crippen molar-refractivity contribution in [2.24, 2.45) is 17.6 Å². The largest absolute Gasteiger partial charge is 0.328 e. The molecular formula is C19H30N2. The topological polar surface area (TPSA) is 29.3 Å². The molecule has 2 unspecified atom stereocenters. The highest BCUT2D eigenvalue weighted by molar-refractivity contribution is 5.15. The van der Waals surface area contributed by atoms with E-state index in [2.05, 4.69) is 35.2 Å². The SMILES string of the molecule is NC1CCCC(CN2CCC(Cc3ccccc3)CC2)C1. The Morgan fingerprint density at radius 1 is 0.952 bits per heavy atom. The van der Waals surface area contributed by atoms with Crippen LogP contribution in [-0.4, -0.2) is 30.6 Å². The molecule has 2 aliphatic rings. The van der Waals surface area contributed by atoms with Crippen molar-refractivity contribution >= 4 is 0 Å². The molecule has 116 valence electrons. The van der Waals surface area contributed by atoms with Gasteiger partial charge in [0.15, 0.2) is 0 Å². The summed E-state index contributed by atoms with van der Waals surface area (Å²) in [4.78, 5) is 2.70. The lowest BCUT2D eigenvalue weighted by Crippen LogP contribution is -2.40. The third-order valence-corrected chi connectivity index (χ3v) is 5.41. The van der Waals surface area contributed by atoms with Crippen molar-refractivity contribution in [2.75, 3.05) is 19.6 Å². The molecule has 1 aromatic rings. The van der Waals surface area contributed by atoms with Gasteiger partial charge in [-0.05, 0) is 69.0 Å². The molecule has 1 saturated carbocycles. The monoisotopic (exact) mass is 286 g/mol. The number of hydrogen-bond acceptors (Lipinski definition) is 2. The maximum Gasteiger partial charge on any atom is 0.00419 e. The van der Waals surface area contributed by atoms with E-state index in [0.717, 1.165) is 11.8 Å². The van der Waals surface area contributed by atoms with Crippen LogP contribution in [0.2, 0.25) is 0 Å². The van der Waals surface area contributed by atoms with E-state index >= 15 is 0 Å². The Labute approximate surface area is 129 Å². The van der Waals surface area contributed by atoms with Gasteiger partial charge in [0, 0.05) is 12.6 Å². The molecule has 1 saturated heterocycles. The molecule has 0 spiro atoms. The number of piperidine rings is 1. The first-order valence-electron chi connectivity index (χ1n) is 8.81. The highest BCUT2D eigenvalue weighted by Gasteiger charge is 2.24. The van der Waals surface area contributed by atoms with E-state index in [4.69, 9.17) is 5.73 Å². The van der Waals surface area contributed by atoms with E-state index < -0.39 is 0 Å². The Bertz CT molecular complexity index is 409. The van der Waals surface area contributed by atoms with Gasteiger partial charge in [0.2, 0.25) is 0 Å². The minimum Gasteiger partial charge on any atom is -0.328 e. The maximum atomic E-state index is 6.12. The Kier molecular flexibility index (Phi) is 5.32. The normalized spacial score (nSPS) is 28.6. The Morgan fingerprint density at radius 3 is 2.43 bits per heavy atom. The van der Waals surface area contributed by atoms with Crippen LogP contribution in [0.25, 0.3) is 0 Å². The molecule has 2 nitrogen and oxygen atoms in total. The van der Waals surface area contributed by atoms with E-state index in [1.807, 2.05) is 0 Å². The highest BCUT2D eigenvalue weighted by atomic mass is 15.1. The number of benzene rings is 1. The summed E-state index contributed by atoms with van der Waals surface area (Å²) < 4.78 is 0. The van der Waals surface area contributed by atoms with Gasteiger partial charge in [-0.2, -0.15) is 0 Å². The van der Waals surface area contributed by atoms with Gasteiger partial charge in [-0.25, -0.2) is 0 Å². The Hall–Kier alpha value is -0.860. The first-order valence-corrected chi connectivity index (χ1v) is 8.81. The van der Waals surface area contributed by atoms with Crippen LogP contribution in [-0.2, 0) is 6.42 Å². The number of likely N-dealkylation sites (tertiary alicyclic amines) is 1. The molecule has 3 rings (SSSR count). The highest BCUT2D eigenvalue weighted by Crippen LogP contribution is 2.27. The summed E-state index contributed by atoms with van der Waals surface area (Å²) in [5, 5.41) is 0. The molecule has 1 aliphatic heterocycles. The standard InChI is InChI=1S/C19H30N2/c20-19-8-4-7-18(14-19)15-21-11-9-17(10-12-21)13-16-5-2-1-3-6-16/h1-3,5-6,17-19H,4,7-15,20H2. The molecular weight excluding hydrogens is 256 g/mol. The lowest BCUT2D eigenvalue weighted by molar-refractivity contribution is 0.142. The lowest BCUT2D eigenvalue weighted by Gasteiger charge is -2.36. The predicted octanol–water partition coefficient (Wildman–Crippen LogP) is 3.46. The van der Waals surface area contributed by atoms with Gasteiger partial charge in [0.1, 0.15) is 0 Å². The van der Waals surface area contributed by atoms with Crippen LogP contribution in [0.5, 0.6) is 0 Å². The van der Waals surface area contributed by atoms with Gasteiger partial charge >= 0.3 is 0 Å². The average molecular weight is 286 g/mol. The summed E-state index contributed by atoms with van der Waals surface area (Å²) in [5.74, 6) is 1.75. The van der Waals surface area contributed by atoms with E-state index in [9.17, 15) is 0 Å². The van der Waals surface area contributed by atoms with Gasteiger partial charge in [-0.15, -0.1) is 0 Å². The second-order valence-electron chi connectivity index (χ2n) is 7.23. The number of nitrogens with two attached hydrogens (primary N) is 1. The fraction of sp³-hybridized carbons (Fsp3) is 0.684. The molecule has 0 radical (unpaired) electrons. The number of hydrogen-bond donors (Lipinski definition) is 1. The van der Waals surface area contributed by atoms with Gasteiger partial charge in [-0.1, -0.05) is 36.8 Å². The Morgan fingerprint density at radius 2 is 1.71 bits per heavy atom. The van der Waals surface area contributed by atoms with Crippen LogP contribution < -0.4 is 5.73 Å². The van der Waals surface area contributed by atoms with Crippen LogP contribution >= 0.6 is 0 Å². The fourth-order valence-electron chi connectivity index (χ4n) is 4.18. The van der Waals surface area contributed by atoms with Gasteiger partial charge in [0.25, 0.3) is 0 Å². The Balaban J connectivity index is 1.40. The predicted molar refractivity (Wildman–Crippen MR) is 89.2 cm³/mol. The number of rotatable bonds is 4. The zero-order valence-corrected chi connectivity index (χ0v) is 13.2. The summed E-state index contributed by atoms with van der Waals surface area (Å²) in [5.41, 5.74) is 7.63. The summed E-state index contributed by atoms with van der Waals surface area (Å²) in [6.07, 6.45) is 9.25. The molecule has 2 heteroatoms. The first-order chi connectivity index (χ1) is 10.3. The molecule has 2 fully saturated rings. The molecule has 2 atom stereocenters. The fourth-order valence-corrected chi connectivity index (χ4v) is 4.18. The minimum absolute atomic E-state index is 0.472. The summed E-state index contributed by atoms with van der Waals surface area (Å²) in [6, 6.07) is 11.5. The average Bonchev–Trinajstić information content (AvgIpc) is 2.50. The van der Waals surface area contributed by atoms with Gasteiger partial charge in [0.05, 0.1) is 0 Å². The molecule has 0 amide bonds. The summed E-state index contributed by atoms with van der Waals surface area (Å²) >= 11 is 0. The van der Waals surface area contributed by atoms with E-state index in [1.165, 1.54) is 70.1 Å². The third kappa shape index (κ3) is 4.55. The molecule has 2 N–H and O–H groups in total. The van der Waals surface area contributed by atoms with Crippen LogP contribution in [0.4, 0.5) is 0 Å². The smallest absolute Gasteiger partial charge is 0.00419 e. The zero-order chi connectivity index (χ0) is 14.5. The van der Waals surface area contributed by atoms with E-state index in [0.29, 0.717) is 6.04 Å². The minimum atomic E-state index is 0.472. The summed E-state index contributed by atoms with van der Waals surface area (Å²) in [6.45, 7) is 3.89. The molecule has 1 heterocycles. The molecule has 0 bridgehead atoms. The van der Waals surface area contributed by atoms with Gasteiger partial charge < -0.3 is 10.6 Å². The van der Waals surface area contributed by atoms with Crippen LogP contribution in [0, 0.1) is 11.8 Å². The van der Waals surface area contributed by atoms with E-state index in [-0.39, 0.29) is 0 Å². The lowest BCUT2D eigenvalue weighted by atomic mass is 9.84. The van der Waals surface area contributed by atoms with E-state index in [1.54, 1.807) is 0 Å². The second-order valence-corrected chi connectivity index (χ2v) is 7.23. The van der Waals surface area contributed by atoms with Crippen LogP contribution in [0.3, 0.4) is 0 Å². The molecule has 1 aliphatic carbocycles. The first kappa shape index (κ1) is 15.1. The maximum absolute atomic E-state index is 6.12. The van der Waals surface area contributed by atoms with Crippen molar-refractivity contribution in [3.05, 3.63) is 35.9 Å². The van der Waals surface area contributed by atoms with Gasteiger partial charge in [-0.3, -0.25) is 0 Å². The van der Waals surface area contributed by atoms with Crippen molar-refractivity contribution in [3.8, 4) is 0 Å². The van der Waals surface area contributed by atoms with Crippen molar-refractivity contribution in [3.63, 3.8) is 0 Å². The van der Waals surface area contributed by atoms with Crippen molar-refractivity contribution in [2.45, 2.75) is 51.0 Å². The zero-order valence-electron chi connectivity index (χ0n) is 13.2. The van der Waals surface area contributed by atoms with Crippen LogP contribution in [0.15, 0.2) is 30.3 Å². The van der Waals surface area contributed by atoms with Crippen molar-refractivity contribution in [1.82, 2.24) is 4.90 Å². The number of nitrogens with zero attached hydrogens (tertiary/aromatic N) is 1. The summed E-state index contributed by atoms with van der Waals surface area (Å²) in [7, 11) is 0. The van der Waals surface area contributed by atoms with Crippen molar-refractivity contribution < 1.29 is 0 Å². The van der Waals surface area contributed by atoms with Crippen molar-refractivity contribution in [1.29, 1.82) is 0 Å².